The molecule has 0 saturated carbocycles. The number of amides is 2. The first kappa shape index (κ1) is 22.4. The Kier molecular flexibility index (Phi) is 8.64. The maximum absolute atomic E-state index is 11.8. The Labute approximate surface area is 172 Å². The van der Waals surface area contributed by atoms with Crippen LogP contribution in [0, 0.1) is 0 Å². The molecule has 7 heteroatoms. The number of benzene rings is 2. The van der Waals surface area contributed by atoms with Crippen LogP contribution in [-0.2, 0) is 9.59 Å². The molecule has 0 aliphatic rings. The number of anilines is 2. The van der Waals surface area contributed by atoms with E-state index in [4.69, 9.17) is 4.74 Å². The molecule has 2 aromatic rings. The van der Waals surface area contributed by atoms with Crippen molar-refractivity contribution < 1.29 is 14.3 Å². The third-order valence-electron chi connectivity index (χ3n) is 3.85. The topological polar surface area (TPSA) is 91.5 Å². The molecule has 0 bridgehead atoms. The quantitative estimate of drug-likeness (QED) is 0.493. The van der Waals surface area contributed by atoms with Gasteiger partial charge in [0.15, 0.2) is 0 Å². The summed E-state index contributed by atoms with van der Waals surface area (Å²) in [5.41, 5.74) is 1.42. The summed E-state index contributed by atoms with van der Waals surface area (Å²) in [6.45, 7) is 8.50. The van der Waals surface area contributed by atoms with Gasteiger partial charge in [-0.1, -0.05) is 27.7 Å². The first-order valence-corrected chi connectivity index (χ1v) is 9.76. The van der Waals surface area contributed by atoms with E-state index in [-0.39, 0.29) is 37.0 Å². The number of rotatable bonds is 10. The van der Waals surface area contributed by atoms with Gasteiger partial charge in [0.1, 0.15) is 11.5 Å². The fraction of sp³-hybridized carbons (Fsp3) is 0.364. The maximum Gasteiger partial charge on any atom is 0.238 e. The van der Waals surface area contributed by atoms with Gasteiger partial charge in [0.25, 0.3) is 0 Å². The molecule has 4 N–H and O–H groups in total. The SMILES string of the molecule is CC(C)NCC(=O)Nc1ccc(Oc2ccc(NC(=O)CNC(C)C)cc2)cc1. The van der Waals surface area contributed by atoms with E-state index >= 15 is 0 Å². The van der Waals surface area contributed by atoms with Gasteiger partial charge >= 0.3 is 0 Å². The van der Waals surface area contributed by atoms with Gasteiger partial charge in [0, 0.05) is 23.5 Å². The lowest BCUT2D eigenvalue weighted by molar-refractivity contribution is -0.116. The first-order valence-electron chi connectivity index (χ1n) is 9.76. The van der Waals surface area contributed by atoms with Crippen molar-refractivity contribution in [1.82, 2.24) is 10.6 Å². The van der Waals surface area contributed by atoms with Crippen LogP contribution < -0.4 is 26.0 Å². The highest BCUT2D eigenvalue weighted by atomic mass is 16.5. The Balaban J connectivity index is 1.83. The van der Waals surface area contributed by atoms with Crippen LogP contribution in [-0.4, -0.2) is 37.0 Å². The number of carbonyl (C=O) groups is 2. The summed E-state index contributed by atoms with van der Waals surface area (Å²) < 4.78 is 5.81. The molecule has 0 fully saturated rings. The van der Waals surface area contributed by atoms with Gasteiger partial charge in [0.2, 0.25) is 11.8 Å². The molecular formula is C22H30N4O3. The lowest BCUT2D eigenvalue weighted by Crippen LogP contribution is -2.32. The molecule has 0 aliphatic carbocycles. The summed E-state index contributed by atoms with van der Waals surface area (Å²) in [6, 6.07) is 14.8. The highest BCUT2D eigenvalue weighted by Crippen LogP contribution is 2.24. The molecular weight excluding hydrogens is 368 g/mol. The summed E-state index contributed by atoms with van der Waals surface area (Å²) in [6.07, 6.45) is 0. The third-order valence-corrected chi connectivity index (χ3v) is 3.85. The average molecular weight is 399 g/mol. The van der Waals surface area contributed by atoms with Crippen molar-refractivity contribution in [2.24, 2.45) is 0 Å². The fourth-order valence-corrected chi connectivity index (χ4v) is 2.35. The van der Waals surface area contributed by atoms with Crippen molar-refractivity contribution in [2.75, 3.05) is 23.7 Å². The molecule has 0 atom stereocenters. The Bertz CT molecular complexity index is 719. The maximum atomic E-state index is 11.8. The minimum atomic E-state index is -0.0893. The second-order valence-electron chi connectivity index (χ2n) is 7.32. The molecule has 0 unspecified atom stereocenters. The van der Waals surface area contributed by atoms with Gasteiger partial charge in [-0.2, -0.15) is 0 Å². The molecule has 7 nitrogen and oxygen atoms in total. The van der Waals surface area contributed by atoms with E-state index in [1.807, 2.05) is 27.7 Å². The zero-order valence-corrected chi connectivity index (χ0v) is 17.4. The first-order chi connectivity index (χ1) is 13.8. The highest BCUT2D eigenvalue weighted by Gasteiger charge is 2.05. The lowest BCUT2D eigenvalue weighted by Gasteiger charge is -2.11. The van der Waals surface area contributed by atoms with Gasteiger partial charge < -0.3 is 26.0 Å². The van der Waals surface area contributed by atoms with Gasteiger partial charge in [-0.25, -0.2) is 0 Å². The average Bonchev–Trinajstić information content (AvgIpc) is 2.68. The summed E-state index contributed by atoms with van der Waals surface area (Å²) >= 11 is 0. The van der Waals surface area contributed by atoms with Gasteiger partial charge in [-0.3, -0.25) is 9.59 Å². The second-order valence-corrected chi connectivity index (χ2v) is 7.32. The van der Waals surface area contributed by atoms with Crippen LogP contribution in [0.15, 0.2) is 48.5 Å². The molecule has 2 rings (SSSR count). The number of hydrogen-bond acceptors (Lipinski definition) is 5. The van der Waals surface area contributed by atoms with E-state index in [1.165, 1.54) is 0 Å². The van der Waals surface area contributed by atoms with E-state index in [1.54, 1.807) is 48.5 Å². The Morgan fingerprint density at radius 3 is 1.34 bits per heavy atom. The highest BCUT2D eigenvalue weighted by molar-refractivity contribution is 5.92. The van der Waals surface area contributed by atoms with Crippen LogP contribution >= 0.6 is 0 Å². The van der Waals surface area contributed by atoms with Gasteiger partial charge in [-0.15, -0.1) is 0 Å². The van der Waals surface area contributed by atoms with Crippen LogP contribution in [0.4, 0.5) is 11.4 Å². The van der Waals surface area contributed by atoms with E-state index in [0.717, 1.165) is 0 Å². The van der Waals surface area contributed by atoms with Crippen LogP contribution in [0.1, 0.15) is 27.7 Å². The summed E-state index contributed by atoms with van der Waals surface area (Å²) in [7, 11) is 0. The summed E-state index contributed by atoms with van der Waals surface area (Å²) in [5.74, 6) is 1.13. The number of ether oxygens (including phenoxy) is 1. The van der Waals surface area contributed by atoms with Crippen molar-refractivity contribution >= 4 is 23.2 Å². The van der Waals surface area contributed by atoms with E-state index < -0.39 is 0 Å². The Morgan fingerprint density at radius 1 is 0.690 bits per heavy atom. The molecule has 2 aromatic carbocycles. The number of hydrogen-bond donors (Lipinski definition) is 4. The number of nitrogens with one attached hydrogen (secondary N) is 4. The lowest BCUT2D eigenvalue weighted by atomic mass is 10.2. The predicted octanol–water partition coefficient (Wildman–Crippen LogP) is 3.35. The van der Waals surface area contributed by atoms with Crippen molar-refractivity contribution in [1.29, 1.82) is 0 Å². The molecule has 0 saturated heterocycles. The minimum absolute atomic E-state index is 0.0893. The summed E-state index contributed by atoms with van der Waals surface area (Å²) in [5, 5.41) is 11.8. The molecule has 0 radical (unpaired) electrons. The van der Waals surface area contributed by atoms with E-state index in [0.29, 0.717) is 22.9 Å². The second kappa shape index (κ2) is 11.2. The van der Waals surface area contributed by atoms with E-state index in [2.05, 4.69) is 21.3 Å². The van der Waals surface area contributed by atoms with Crippen LogP contribution in [0.2, 0.25) is 0 Å². The smallest absolute Gasteiger partial charge is 0.238 e. The van der Waals surface area contributed by atoms with Crippen molar-refractivity contribution in [2.45, 2.75) is 39.8 Å². The fourth-order valence-electron chi connectivity index (χ4n) is 2.35. The monoisotopic (exact) mass is 398 g/mol. The molecule has 0 spiro atoms. The normalized spacial score (nSPS) is 10.8. The Morgan fingerprint density at radius 2 is 1.03 bits per heavy atom. The zero-order chi connectivity index (χ0) is 21.2. The zero-order valence-electron chi connectivity index (χ0n) is 17.4. The Hall–Kier alpha value is -2.90. The van der Waals surface area contributed by atoms with Crippen LogP contribution in [0.5, 0.6) is 11.5 Å². The third kappa shape index (κ3) is 8.76. The molecule has 0 heterocycles. The molecule has 0 aliphatic heterocycles. The largest absolute Gasteiger partial charge is 0.457 e. The van der Waals surface area contributed by atoms with Crippen molar-refractivity contribution in [3.05, 3.63) is 48.5 Å². The molecule has 156 valence electrons. The minimum Gasteiger partial charge on any atom is -0.457 e. The summed E-state index contributed by atoms with van der Waals surface area (Å²) in [4.78, 5) is 23.7. The van der Waals surface area contributed by atoms with Gasteiger partial charge in [0.05, 0.1) is 13.1 Å². The van der Waals surface area contributed by atoms with Crippen molar-refractivity contribution in [3.8, 4) is 11.5 Å². The standard InChI is InChI=1S/C22H30N4O3/c1-15(2)23-13-21(27)25-17-5-9-19(10-6-17)29-20-11-7-18(8-12-20)26-22(28)14-24-16(3)4/h5-12,15-16,23-24H,13-14H2,1-4H3,(H,25,27)(H,26,28). The number of carbonyl (C=O) groups excluding carboxylic acids is 2. The molecule has 29 heavy (non-hydrogen) atoms. The van der Waals surface area contributed by atoms with Crippen LogP contribution in [0.3, 0.4) is 0 Å². The molecule has 0 aromatic heterocycles. The van der Waals surface area contributed by atoms with Crippen LogP contribution in [0.25, 0.3) is 0 Å². The van der Waals surface area contributed by atoms with Gasteiger partial charge in [-0.05, 0) is 48.5 Å². The predicted molar refractivity (Wildman–Crippen MR) is 116 cm³/mol. The molecule has 2 amide bonds. The van der Waals surface area contributed by atoms with Crippen molar-refractivity contribution in [3.63, 3.8) is 0 Å². The van der Waals surface area contributed by atoms with E-state index in [9.17, 15) is 9.59 Å².